The minimum atomic E-state index is -4.34. The summed E-state index contributed by atoms with van der Waals surface area (Å²) in [6, 6.07) is 5.03. The molecule has 0 bridgehead atoms. The molecule has 1 unspecified atom stereocenters. The van der Waals surface area contributed by atoms with E-state index in [1.165, 1.54) is 11.0 Å². The van der Waals surface area contributed by atoms with Crippen LogP contribution in [0.1, 0.15) is 19.3 Å². The summed E-state index contributed by atoms with van der Waals surface area (Å²) in [6.45, 7) is 0.263. The molecule has 5 nitrogen and oxygen atoms in total. The third kappa shape index (κ3) is 2.95. The first-order chi connectivity index (χ1) is 12.4. The first kappa shape index (κ1) is 16.7. The Morgan fingerprint density at radius 2 is 2.04 bits per heavy atom. The van der Waals surface area contributed by atoms with Crippen molar-refractivity contribution in [2.45, 2.75) is 31.5 Å². The Balaban J connectivity index is 1.82. The molecule has 1 aliphatic rings. The van der Waals surface area contributed by atoms with E-state index < -0.39 is 17.8 Å². The molecule has 0 aromatic carbocycles. The number of hydrogen-bond acceptors (Lipinski definition) is 3. The highest BCUT2D eigenvalue weighted by atomic mass is 19.4. The van der Waals surface area contributed by atoms with Crippen LogP contribution in [0.2, 0.25) is 0 Å². The molecule has 3 aromatic rings. The smallest absolute Gasteiger partial charge is 0.346 e. The summed E-state index contributed by atoms with van der Waals surface area (Å²) < 4.78 is 40.3. The van der Waals surface area contributed by atoms with Crippen molar-refractivity contribution in [1.29, 1.82) is 0 Å². The number of fused-ring (bicyclic) bond motifs is 1. The number of pyridine rings is 2. The molecule has 2 N–H and O–H groups in total. The van der Waals surface area contributed by atoms with Gasteiger partial charge in [-0.15, -0.1) is 0 Å². The van der Waals surface area contributed by atoms with Crippen molar-refractivity contribution in [2.75, 3.05) is 11.4 Å². The lowest BCUT2D eigenvalue weighted by atomic mass is 10.0. The zero-order valence-corrected chi connectivity index (χ0v) is 13.8. The molecule has 0 aliphatic carbocycles. The van der Waals surface area contributed by atoms with Gasteiger partial charge in [0.05, 0.1) is 0 Å². The zero-order chi connectivity index (χ0) is 18.3. The molecule has 0 saturated carbocycles. The highest BCUT2D eigenvalue weighted by Gasteiger charge is 2.44. The number of aromatic nitrogens is 3. The van der Waals surface area contributed by atoms with Gasteiger partial charge in [0.2, 0.25) is 5.56 Å². The number of H-pyrrole nitrogens is 2. The van der Waals surface area contributed by atoms with Crippen LogP contribution in [0.4, 0.5) is 19.0 Å². The van der Waals surface area contributed by atoms with Gasteiger partial charge in [0.1, 0.15) is 17.5 Å². The van der Waals surface area contributed by atoms with Crippen molar-refractivity contribution in [2.24, 2.45) is 0 Å². The summed E-state index contributed by atoms with van der Waals surface area (Å²) in [5.74, 6) is 0.204. The molecule has 4 heterocycles. The Morgan fingerprint density at radius 1 is 1.19 bits per heavy atom. The fourth-order valence-electron chi connectivity index (χ4n) is 3.61. The van der Waals surface area contributed by atoms with Crippen molar-refractivity contribution in [3.63, 3.8) is 0 Å². The second kappa shape index (κ2) is 6.19. The predicted molar refractivity (Wildman–Crippen MR) is 93.2 cm³/mol. The first-order valence-corrected chi connectivity index (χ1v) is 8.44. The number of halogens is 3. The lowest BCUT2D eigenvalue weighted by molar-refractivity contribution is -0.152. The van der Waals surface area contributed by atoms with E-state index in [0.29, 0.717) is 24.1 Å². The quantitative estimate of drug-likeness (QED) is 0.728. The number of anilines is 1. The Bertz CT molecular complexity index is 992. The van der Waals surface area contributed by atoms with Crippen LogP contribution in [0.5, 0.6) is 0 Å². The van der Waals surface area contributed by atoms with Gasteiger partial charge in [-0.1, -0.05) is 0 Å². The van der Waals surface area contributed by atoms with Gasteiger partial charge in [-0.05, 0) is 48.6 Å². The van der Waals surface area contributed by atoms with Crippen LogP contribution in [0.15, 0.2) is 41.5 Å². The van der Waals surface area contributed by atoms with Crippen molar-refractivity contribution in [1.82, 2.24) is 15.0 Å². The largest absolute Gasteiger partial charge is 0.408 e. The maximum absolute atomic E-state index is 13.4. The van der Waals surface area contributed by atoms with E-state index in [4.69, 9.17) is 0 Å². The maximum Gasteiger partial charge on any atom is 0.408 e. The van der Waals surface area contributed by atoms with Gasteiger partial charge in [0, 0.05) is 30.4 Å². The summed E-state index contributed by atoms with van der Waals surface area (Å²) in [5, 5.41) is 0.815. The highest BCUT2D eigenvalue weighted by Crippen LogP contribution is 2.35. The molecule has 8 heteroatoms. The Labute approximate surface area is 146 Å². The molecule has 0 amide bonds. The maximum atomic E-state index is 13.4. The summed E-state index contributed by atoms with van der Waals surface area (Å²) in [5.41, 5.74) is 1.56. The van der Waals surface area contributed by atoms with E-state index in [0.717, 1.165) is 10.9 Å². The zero-order valence-electron chi connectivity index (χ0n) is 13.8. The van der Waals surface area contributed by atoms with Crippen LogP contribution in [0.3, 0.4) is 0 Å². The number of rotatable bonds is 2. The van der Waals surface area contributed by atoms with E-state index in [1.807, 2.05) is 6.07 Å². The molecule has 4 rings (SSSR count). The number of hydrogen-bond donors (Lipinski definition) is 2. The summed E-state index contributed by atoms with van der Waals surface area (Å²) in [7, 11) is 0. The van der Waals surface area contributed by atoms with Crippen molar-refractivity contribution >= 4 is 16.9 Å². The predicted octanol–water partition coefficient (Wildman–Crippen LogP) is 3.84. The average Bonchev–Trinajstić information content (AvgIpc) is 3.09. The van der Waals surface area contributed by atoms with Gasteiger partial charge in [0.25, 0.3) is 0 Å². The number of aromatic amines is 2. The van der Waals surface area contributed by atoms with Gasteiger partial charge in [-0.2, -0.15) is 13.2 Å². The van der Waals surface area contributed by atoms with Gasteiger partial charge >= 0.3 is 6.18 Å². The monoisotopic (exact) mass is 362 g/mol. The third-order valence-electron chi connectivity index (χ3n) is 4.79. The number of nitrogens with zero attached hydrogens (tertiary/aromatic N) is 2. The molecule has 3 aromatic heterocycles. The van der Waals surface area contributed by atoms with Gasteiger partial charge in [-0.25, -0.2) is 4.98 Å². The molecule has 0 spiro atoms. The molecule has 1 aliphatic heterocycles. The van der Waals surface area contributed by atoms with Crippen molar-refractivity contribution < 1.29 is 13.2 Å². The molecular formula is C18H17F3N4O. The molecular weight excluding hydrogens is 345 g/mol. The second-order valence-electron chi connectivity index (χ2n) is 6.46. The van der Waals surface area contributed by atoms with Crippen LogP contribution in [0.25, 0.3) is 22.2 Å². The Kier molecular flexibility index (Phi) is 3.97. The van der Waals surface area contributed by atoms with Crippen LogP contribution in [0, 0.1) is 0 Å². The fraction of sp³-hybridized carbons (Fsp3) is 0.333. The van der Waals surface area contributed by atoms with Crippen LogP contribution in [-0.2, 0) is 0 Å². The average molecular weight is 362 g/mol. The minimum Gasteiger partial charge on any atom is -0.346 e. The SMILES string of the molecule is O=c1cc(-c2ccnc3[nH]ccc23)cc(N2CCCCC2C(F)(F)F)[nH]1. The van der Waals surface area contributed by atoms with Crippen molar-refractivity contribution in [3.8, 4) is 11.1 Å². The van der Waals surface area contributed by atoms with E-state index in [2.05, 4.69) is 15.0 Å². The molecule has 26 heavy (non-hydrogen) atoms. The number of piperidine rings is 1. The molecule has 1 saturated heterocycles. The van der Waals surface area contributed by atoms with E-state index >= 15 is 0 Å². The first-order valence-electron chi connectivity index (χ1n) is 8.44. The van der Waals surface area contributed by atoms with Crippen LogP contribution >= 0.6 is 0 Å². The topological polar surface area (TPSA) is 64.8 Å². The fourth-order valence-corrected chi connectivity index (χ4v) is 3.61. The van der Waals surface area contributed by atoms with Crippen molar-refractivity contribution in [3.05, 3.63) is 47.0 Å². The van der Waals surface area contributed by atoms with Crippen LogP contribution in [-0.4, -0.2) is 33.7 Å². The van der Waals surface area contributed by atoms with E-state index in [-0.39, 0.29) is 18.8 Å². The van der Waals surface area contributed by atoms with Gasteiger partial charge in [-0.3, -0.25) is 4.79 Å². The second-order valence-corrected chi connectivity index (χ2v) is 6.46. The summed E-state index contributed by atoms with van der Waals surface area (Å²) >= 11 is 0. The number of alkyl halides is 3. The highest BCUT2D eigenvalue weighted by molar-refractivity contribution is 5.93. The summed E-state index contributed by atoms with van der Waals surface area (Å²) in [6.07, 6.45) is 0.230. The minimum absolute atomic E-state index is 0.0348. The van der Waals surface area contributed by atoms with Gasteiger partial charge in [0.15, 0.2) is 0 Å². The molecule has 1 fully saturated rings. The lowest BCUT2D eigenvalue weighted by Gasteiger charge is -2.38. The van der Waals surface area contributed by atoms with E-state index in [9.17, 15) is 18.0 Å². The van der Waals surface area contributed by atoms with Crippen LogP contribution < -0.4 is 10.5 Å². The molecule has 1 atom stereocenters. The van der Waals surface area contributed by atoms with Gasteiger partial charge < -0.3 is 14.9 Å². The Hall–Kier alpha value is -2.77. The third-order valence-corrected chi connectivity index (χ3v) is 4.79. The Morgan fingerprint density at radius 3 is 2.85 bits per heavy atom. The molecule has 136 valence electrons. The standard InChI is InChI=1S/C18H17F3N4O/c19-18(20,21)14-3-1-2-8-25(14)15-9-11(10-16(26)24-15)12-4-6-22-17-13(12)5-7-23-17/h4-7,9-10,14H,1-3,8H2,(H,22,23)(H,24,26). The normalized spacial score (nSPS) is 18.4. The number of nitrogens with one attached hydrogen (secondary N) is 2. The van der Waals surface area contributed by atoms with E-state index in [1.54, 1.807) is 24.5 Å². The summed E-state index contributed by atoms with van der Waals surface area (Å²) in [4.78, 5) is 23.2. The molecule has 0 radical (unpaired) electrons. The lowest BCUT2D eigenvalue weighted by Crippen LogP contribution is -2.49.